The van der Waals surface area contributed by atoms with Gasteiger partial charge in [0.1, 0.15) is 5.75 Å². The normalized spacial score (nSPS) is 14.2. The highest BCUT2D eigenvalue weighted by atomic mass is 79.9. The van der Waals surface area contributed by atoms with E-state index in [4.69, 9.17) is 13.9 Å². The second-order valence-electron chi connectivity index (χ2n) is 8.91. The van der Waals surface area contributed by atoms with Crippen molar-refractivity contribution in [1.29, 1.82) is 0 Å². The summed E-state index contributed by atoms with van der Waals surface area (Å²) in [4.78, 5) is 39.5. The molecule has 0 spiro atoms. The minimum Gasteiger partial charge on any atom is -0.474 e. The van der Waals surface area contributed by atoms with Crippen LogP contribution in [0.25, 0.3) is 27.8 Å². The lowest BCUT2D eigenvalue weighted by atomic mass is 10.1. The van der Waals surface area contributed by atoms with E-state index in [-0.39, 0.29) is 6.61 Å². The quantitative estimate of drug-likeness (QED) is 0.288. The number of aryl methyl sites for hydroxylation is 1. The number of hydrogen-bond donors (Lipinski definition) is 0. The van der Waals surface area contributed by atoms with Gasteiger partial charge in [-0.25, -0.2) is 9.59 Å². The number of halogens is 1. The van der Waals surface area contributed by atoms with Crippen molar-refractivity contribution in [2.75, 3.05) is 6.61 Å². The van der Waals surface area contributed by atoms with Crippen molar-refractivity contribution in [2.24, 2.45) is 14.1 Å². The minimum absolute atomic E-state index is 0.230. The third-order valence-corrected chi connectivity index (χ3v) is 7.14. The summed E-state index contributed by atoms with van der Waals surface area (Å²) in [7, 11) is 3.08. The van der Waals surface area contributed by atoms with Crippen molar-refractivity contribution in [3.63, 3.8) is 0 Å². The summed E-state index contributed by atoms with van der Waals surface area (Å²) < 4.78 is 22.6. The Labute approximate surface area is 224 Å². The van der Waals surface area contributed by atoms with E-state index in [1.54, 1.807) is 44.3 Å². The third kappa shape index (κ3) is 3.47. The van der Waals surface area contributed by atoms with Gasteiger partial charge in [0.2, 0.25) is 0 Å². The average molecular weight is 576 g/mol. The molecule has 0 saturated carbocycles. The van der Waals surface area contributed by atoms with Gasteiger partial charge < -0.3 is 18.5 Å². The number of fused-ring (bicyclic) bond motifs is 5. The number of nitrogens with zero attached hydrogens (tertiary/aromatic N) is 3. The van der Waals surface area contributed by atoms with E-state index in [1.165, 1.54) is 11.6 Å². The fraction of sp³-hybridized carbons (Fsp3) is 0.179. The standard InChI is InChI=1S/C28H22BrN3O6/c1-4-36-27(34)16-10-11-18-17(14-16)32-22(15-8-6-5-7-9-15)21-23(30(2)28(35)31(3)26(21)33)24(32)25(38-18)19-12-13-20(29)37-19/h5-14,25H,4H2,1-3H3/t25-/m0/s1. The topological polar surface area (TPSA) is 97.6 Å². The molecule has 0 amide bonds. The van der Waals surface area contributed by atoms with Gasteiger partial charge in [0.05, 0.1) is 40.1 Å². The van der Waals surface area contributed by atoms with Crippen molar-refractivity contribution >= 4 is 32.8 Å². The van der Waals surface area contributed by atoms with Crippen LogP contribution in [0.3, 0.4) is 0 Å². The molecule has 192 valence electrons. The van der Waals surface area contributed by atoms with Gasteiger partial charge in [0.15, 0.2) is 16.5 Å². The molecule has 5 aromatic rings. The first-order valence-electron chi connectivity index (χ1n) is 11.9. The molecule has 0 N–H and O–H groups in total. The first-order valence-corrected chi connectivity index (χ1v) is 12.7. The van der Waals surface area contributed by atoms with E-state index in [2.05, 4.69) is 15.9 Å². The van der Waals surface area contributed by atoms with Crippen molar-refractivity contribution in [3.05, 3.63) is 103 Å². The van der Waals surface area contributed by atoms with Gasteiger partial charge in [-0.3, -0.25) is 13.9 Å². The molecule has 0 unspecified atom stereocenters. The van der Waals surface area contributed by atoms with Crippen LogP contribution in [0, 0.1) is 0 Å². The maximum atomic E-state index is 13.7. The Morgan fingerprint density at radius 2 is 1.79 bits per heavy atom. The molecular formula is C28H22BrN3O6. The highest BCUT2D eigenvalue weighted by molar-refractivity contribution is 9.10. The Balaban J connectivity index is 1.82. The molecule has 1 aliphatic heterocycles. The lowest BCUT2D eigenvalue weighted by molar-refractivity contribution is 0.0526. The van der Waals surface area contributed by atoms with Crippen LogP contribution in [-0.2, 0) is 18.8 Å². The zero-order valence-electron chi connectivity index (χ0n) is 20.7. The van der Waals surface area contributed by atoms with E-state index in [9.17, 15) is 14.4 Å². The molecule has 4 heterocycles. The minimum atomic E-state index is -0.792. The Bertz CT molecular complexity index is 1860. The number of carbonyl (C=O) groups is 1. The van der Waals surface area contributed by atoms with E-state index < -0.39 is 23.3 Å². The van der Waals surface area contributed by atoms with Gasteiger partial charge in [0, 0.05) is 14.1 Å². The Hall–Kier alpha value is -4.31. The number of esters is 1. The van der Waals surface area contributed by atoms with Crippen LogP contribution in [0.5, 0.6) is 5.75 Å². The van der Waals surface area contributed by atoms with Crippen LogP contribution >= 0.6 is 15.9 Å². The average Bonchev–Trinajstić information content (AvgIpc) is 3.52. The molecule has 0 bridgehead atoms. The zero-order valence-corrected chi connectivity index (χ0v) is 22.3. The molecule has 0 saturated heterocycles. The van der Waals surface area contributed by atoms with Gasteiger partial charge in [0.25, 0.3) is 5.56 Å². The second-order valence-corrected chi connectivity index (χ2v) is 9.69. The third-order valence-electron chi connectivity index (χ3n) is 6.71. The molecule has 9 nitrogen and oxygen atoms in total. The fourth-order valence-corrected chi connectivity index (χ4v) is 5.35. The van der Waals surface area contributed by atoms with Gasteiger partial charge in [-0.05, 0) is 58.7 Å². The summed E-state index contributed by atoms with van der Waals surface area (Å²) in [6.45, 7) is 1.97. The van der Waals surface area contributed by atoms with Gasteiger partial charge in [-0.15, -0.1) is 0 Å². The van der Waals surface area contributed by atoms with Crippen LogP contribution < -0.4 is 16.0 Å². The maximum Gasteiger partial charge on any atom is 0.338 e. The van der Waals surface area contributed by atoms with Crippen LogP contribution in [0.4, 0.5) is 0 Å². The Kier molecular flexibility index (Phi) is 5.64. The number of carbonyl (C=O) groups excluding carboxylic acids is 1. The molecule has 1 aliphatic rings. The lowest BCUT2D eigenvalue weighted by Crippen LogP contribution is -2.37. The summed E-state index contributed by atoms with van der Waals surface area (Å²) >= 11 is 3.36. The first-order chi connectivity index (χ1) is 18.3. The number of benzene rings is 2. The second kappa shape index (κ2) is 8.91. The summed E-state index contributed by atoms with van der Waals surface area (Å²) in [6.07, 6.45) is -0.792. The molecule has 1 atom stereocenters. The molecule has 2 aromatic carbocycles. The summed E-state index contributed by atoms with van der Waals surface area (Å²) in [6, 6.07) is 18.0. The molecule has 38 heavy (non-hydrogen) atoms. The number of hydrogen-bond acceptors (Lipinski definition) is 6. The molecule has 0 radical (unpaired) electrons. The van der Waals surface area contributed by atoms with Crippen LogP contribution in [0.2, 0.25) is 0 Å². The molecule has 6 rings (SSSR count). The van der Waals surface area contributed by atoms with Crippen LogP contribution in [-0.4, -0.2) is 26.3 Å². The summed E-state index contributed by atoms with van der Waals surface area (Å²) in [5.41, 5.74) is 2.25. The number of furan rings is 1. The maximum absolute atomic E-state index is 13.7. The van der Waals surface area contributed by atoms with Crippen molar-refractivity contribution in [2.45, 2.75) is 13.0 Å². The van der Waals surface area contributed by atoms with Gasteiger partial charge in [-0.1, -0.05) is 30.3 Å². The van der Waals surface area contributed by atoms with E-state index in [1.807, 2.05) is 34.9 Å². The van der Waals surface area contributed by atoms with Crippen molar-refractivity contribution in [1.82, 2.24) is 13.7 Å². The summed E-state index contributed by atoms with van der Waals surface area (Å²) in [5, 5.41) is 0.351. The molecule has 0 fully saturated rings. The summed E-state index contributed by atoms with van der Waals surface area (Å²) in [5.74, 6) is 0.475. The smallest absolute Gasteiger partial charge is 0.338 e. The molecule has 0 aliphatic carbocycles. The molecular weight excluding hydrogens is 554 g/mol. The van der Waals surface area contributed by atoms with E-state index >= 15 is 0 Å². The molecule has 10 heteroatoms. The predicted molar refractivity (Wildman–Crippen MR) is 144 cm³/mol. The first kappa shape index (κ1) is 24.1. The van der Waals surface area contributed by atoms with Crippen LogP contribution in [0.1, 0.15) is 34.8 Å². The van der Waals surface area contributed by atoms with Gasteiger partial charge >= 0.3 is 11.7 Å². The van der Waals surface area contributed by atoms with Crippen molar-refractivity contribution < 1.29 is 18.7 Å². The van der Waals surface area contributed by atoms with E-state index in [0.717, 1.165) is 10.1 Å². The molecule has 3 aromatic heterocycles. The number of ether oxygens (including phenoxy) is 2. The fourth-order valence-electron chi connectivity index (χ4n) is 5.03. The van der Waals surface area contributed by atoms with Gasteiger partial charge in [-0.2, -0.15) is 0 Å². The SMILES string of the molecule is CCOC(=O)c1ccc2c(c1)-n1c(-c3ccccc3)c3c(=O)n(C)c(=O)n(C)c3c1[C@H](c1ccc(Br)o1)O2. The van der Waals surface area contributed by atoms with Crippen molar-refractivity contribution in [3.8, 4) is 22.7 Å². The highest BCUT2D eigenvalue weighted by Gasteiger charge is 2.38. The largest absolute Gasteiger partial charge is 0.474 e. The highest BCUT2D eigenvalue weighted by Crippen LogP contribution is 2.47. The Morgan fingerprint density at radius 3 is 2.47 bits per heavy atom. The predicted octanol–water partition coefficient (Wildman–Crippen LogP) is 4.71. The zero-order chi connectivity index (χ0) is 26.7. The monoisotopic (exact) mass is 575 g/mol. The van der Waals surface area contributed by atoms with E-state index in [0.29, 0.717) is 49.7 Å². The Morgan fingerprint density at radius 1 is 1.03 bits per heavy atom. The lowest BCUT2D eigenvalue weighted by Gasteiger charge is -2.29. The number of rotatable bonds is 4. The van der Waals surface area contributed by atoms with Crippen LogP contribution in [0.15, 0.2) is 79.3 Å². The number of aromatic nitrogens is 3.